The van der Waals surface area contributed by atoms with Gasteiger partial charge in [-0.1, -0.05) is 23.8 Å². The van der Waals surface area contributed by atoms with Crippen molar-refractivity contribution in [3.8, 4) is 0 Å². The number of amides is 1. The van der Waals surface area contributed by atoms with Crippen LogP contribution in [0.3, 0.4) is 0 Å². The second-order valence-electron chi connectivity index (χ2n) is 3.56. The maximum atomic E-state index is 11.6. The number of carbonyl (C=O) groups excluding carboxylic acids is 1. The number of carbonyl (C=O) groups is 1. The molecule has 1 amide bonds. The quantitative estimate of drug-likeness (QED) is 0.510. The largest absolute Gasteiger partial charge is 0.348 e. The van der Waals surface area contributed by atoms with Gasteiger partial charge in [-0.25, -0.2) is 0 Å². The van der Waals surface area contributed by atoms with Crippen LogP contribution in [0.15, 0.2) is 30.4 Å². The first-order valence-electron chi connectivity index (χ1n) is 4.78. The second-order valence-corrected chi connectivity index (χ2v) is 3.97. The number of non-ortho nitro benzene ring substituents is 1. The van der Waals surface area contributed by atoms with E-state index in [9.17, 15) is 14.9 Å². The third kappa shape index (κ3) is 3.57. The average molecular weight is 255 g/mol. The van der Waals surface area contributed by atoms with E-state index >= 15 is 0 Å². The zero-order chi connectivity index (χ0) is 13.0. The molecule has 17 heavy (non-hydrogen) atoms. The standard InChI is InChI=1S/C11H11ClN2O3/c1-7(2)6-13-11(15)9-4-3-8(14(16)17)5-10(9)12/h3-5H,1,6H2,2H3,(H,13,15). The number of nitrogens with one attached hydrogen (secondary N) is 1. The molecule has 5 nitrogen and oxygen atoms in total. The Balaban J connectivity index is 2.88. The molecule has 0 spiro atoms. The lowest BCUT2D eigenvalue weighted by atomic mass is 10.2. The van der Waals surface area contributed by atoms with Gasteiger partial charge in [0, 0.05) is 18.7 Å². The Morgan fingerprint density at radius 3 is 2.71 bits per heavy atom. The fourth-order valence-electron chi connectivity index (χ4n) is 1.13. The summed E-state index contributed by atoms with van der Waals surface area (Å²) in [5, 5.41) is 13.1. The van der Waals surface area contributed by atoms with Crippen molar-refractivity contribution < 1.29 is 9.72 Å². The molecular weight excluding hydrogens is 244 g/mol. The van der Waals surface area contributed by atoms with Crippen LogP contribution in [-0.2, 0) is 0 Å². The van der Waals surface area contributed by atoms with Gasteiger partial charge in [0.25, 0.3) is 11.6 Å². The molecule has 0 aliphatic heterocycles. The predicted octanol–water partition coefficient (Wildman–Crippen LogP) is 2.55. The van der Waals surface area contributed by atoms with Gasteiger partial charge in [-0.05, 0) is 13.0 Å². The second kappa shape index (κ2) is 5.45. The molecule has 0 fully saturated rings. The lowest BCUT2D eigenvalue weighted by Crippen LogP contribution is -2.25. The zero-order valence-electron chi connectivity index (χ0n) is 9.20. The molecule has 0 aromatic heterocycles. The molecule has 0 bridgehead atoms. The molecule has 1 aromatic rings. The minimum Gasteiger partial charge on any atom is -0.348 e. The van der Waals surface area contributed by atoms with Crippen LogP contribution >= 0.6 is 11.6 Å². The molecule has 0 saturated heterocycles. The normalized spacial score (nSPS) is 9.76. The van der Waals surface area contributed by atoms with Crippen molar-refractivity contribution in [2.45, 2.75) is 6.92 Å². The van der Waals surface area contributed by atoms with Crippen LogP contribution in [0.25, 0.3) is 0 Å². The van der Waals surface area contributed by atoms with Gasteiger partial charge in [-0.2, -0.15) is 0 Å². The van der Waals surface area contributed by atoms with Gasteiger partial charge < -0.3 is 5.32 Å². The van der Waals surface area contributed by atoms with E-state index in [0.29, 0.717) is 6.54 Å². The summed E-state index contributed by atoms with van der Waals surface area (Å²) in [6.07, 6.45) is 0. The number of hydrogen-bond donors (Lipinski definition) is 1. The zero-order valence-corrected chi connectivity index (χ0v) is 9.95. The van der Waals surface area contributed by atoms with Crippen molar-refractivity contribution in [2.75, 3.05) is 6.54 Å². The molecule has 1 N–H and O–H groups in total. The molecule has 0 radical (unpaired) electrons. The maximum absolute atomic E-state index is 11.6. The summed E-state index contributed by atoms with van der Waals surface area (Å²) in [7, 11) is 0. The summed E-state index contributed by atoms with van der Waals surface area (Å²) in [6, 6.07) is 3.72. The molecule has 0 unspecified atom stereocenters. The third-order valence-corrected chi connectivity index (χ3v) is 2.27. The number of halogens is 1. The van der Waals surface area contributed by atoms with Crippen molar-refractivity contribution in [1.29, 1.82) is 0 Å². The molecule has 1 rings (SSSR count). The smallest absolute Gasteiger partial charge is 0.270 e. The Labute approximate surface area is 103 Å². The fourth-order valence-corrected chi connectivity index (χ4v) is 1.39. The lowest BCUT2D eigenvalue weighted by molar-refractivity contribution is -0.384. The van der Waals surface area contributed by atoms with Crippen LogP contribution in [0, 0.1) is 10.1 Å². The molecule has 0 saturated carbocycles. The molecule has 0 aliphatic carbocycles. The van der Waals surface area contributed by atoms with Gasteiger partial charge in [-0.15, -0.1) is 0 Å². The van der Waals surface area contributed by atoms with E-state index in [1.54, 1.807) is 6.92 Å². The number of benzene rings is 1. The molecule has 90 valence electrons. The van der Waals surface area contributed by atoms with Crippen LogP contribution in [0.5, 0.6) is 0 Å². The van der Waals surface area contributed by atoms with Crippen LogP contribution in [0.1, 0.15) is 17.3 Å². The number of nitrogens with zero attached hydrogens (tertiary/aromatic N) is 1. The summed E-state index contributed by atoms with van der Waals surface area (Å²) in [6.45, 7) is 5.76. The summed E-state index contributed by atoms with van der Waals surface area (Å²) < 4.78 is 0. The first kappa shape index (κ1) is 13.2. The van der Waals surface area contributed by atoms with Gasteiger partial charge in [0.15, 0.2) is 0 Å². The minimum absolute atomic E-state index is 0.0541. The van der Waals surface area contributed by atoms with Crippen molar-refractivity contribution in [3.63, 3.8) is 0 Å². The van der Waals surface area contributed by atoms with Gasteiger partial charge >= 0.3 is 0 Å². The van der Waals surface area contributed by atoms with Crippen molar-refractivity contribution in [2.24, 2.45) is 0 Å². The van der Waals surface area contributed by atoms with E-state index in [2.05, 4.69) is 11.9 Å². The van der Waals surface area contributed by atoms with Gasteiger partial charge in [0.05, 0.1) is 15.5 Å². The predicted molar refractivity (Wildman–Crippen MR) is 65.3 cm³/mol. The van der Waals surface area contributed by atoms with Gasteiger partial charge in [0.1, 0.15) is 0 Å². The van der Waals surface area contributed by atoms with Gasteiger partial charge in [-0.3, -0.25) is 14.9 Å². The highest BCUT2D eigenvalue weighted by Crippen LogP contribution is 2.22. The summed E-state index contributed by atoms with van der Waals surface area (Å²) >= 11 is 5.80. The third-order valence-electron chi connectivity index (χ3n) is 1.96. The molecule has 0 aliphatic rings. The highest BCUT2D eigenvalue weighted by atomic mass is 35.5. The van der Waals surface area contributed by atoms with E-state index < -0.39 is 4.92 Å². The van der Waals surface area contributed by atoms with Gasteiger partial charge in [0.2, 0.25) is 0 Å². The van der Waals surface area contributed by atoms with Crippen LogP contribution < -0.4 is 5.32 Å². The molecular formula is C11H11ClN2O3. The summed E-state index contributed by atoms with van der Waals surface area (Å²) in [5.74, 6) is -0.382. The van der Waals surface area contributed by atoms with E-state index in [1.807, 2.05) is 0 Å². The Bertz CT molecular complexity index is 486. The van der Waals surface area contributed by atoms with Crippen molar-refractivity contribution >= 4 is 23.2 Å². The number of hydrogen-bond acceptors (Lipinski definition) is 3. The fraction of sp³-hybridized carbons (Fsp3) is 0.182. The van der Waals surface area contributed by atoms with Crippen LogP contribution in [0.2, 0.25) is 5.02 Å². The lowest BCUT2D eigenvalue weighted by Gasteiger charge is -2.06. The Kier molecular flexibility index (Phi) is 4.23. The first-order chi connectivity index (χ1) is 7.91. The highest BCUT2D eigenvalue weighted by Gasteiger charge is 2.14. The summed E-state index contributed by atoms with van der Waals surface area (Å²) in [5.41, 5.74) is 0.862. The van der Waals surface area contributed by atoms with E-state index in [-0.39, 0.29) is 22.2 Å². The minimum atomic E-state index is -0.568. The van der Waals surface area contributed by atoms with Crippen LogP contribution in [-0.4, -0.2) is 17.4 Å². The molecule has 1 aromatic carbocycles. The number of nitro groups is 1. The SMILES string of the molecule is C=C(C)CNC(=O)c1ccc([N+](=O)[O-])cc1Cl. The Morgan fingerprint density at radius 2 is 2.24 bits per heavy atom. The Morgan fingerprint density at radius 1 is 1.59 bits per heavy atom. The Hall–Kier alpha value is -1.88. The van der Waals surface area contributed by atoms with Crippen molar-refractivity contribution in [1.82, 2.24) is 5.32 Å². The molecule has 0 heterocycles. The van der Waals surface area contributed by atoms with Crippen molar-refractivity contribution in [3.05, 3.63) is 51.1 Å². The maximum Gasteiger partial charge on any atom is 0.270 e. The highest BCUT2D eigenvalue weighted by molar-refractivity contribution is 6.34. The monoisotopic (exact) mass is 254 g/mol. The average Bonchev–Trinajstić information content (AvgIpc) is 2.25. The van der Waals surface area contributed by atoms with E-state index in [1.165, 1.54) is 12.1 Å². The first-order valence-corrected chi connectivity index (χ1v) is 5.16. The molecule has 0 atom stereocenters. The van der Waals surface area contributed by atoms with E-state index in [0.717, 1.165) is 11.6 Å². The molecule has 6 heteroatoms. The summed E-state index contributed by atoms with van der Waals surface area (Å²) in [4.78, 5) is 21.6. The number of nitro benzene ring substituents is 1. The van der Waals surface area contributed by atoms with Crippen LogP contribution in [0.4, 0.5) is 5.69 Å². The number of rotatable bonds is 4. The van der Waals surface area contributed by atoms with E-state index in [4.69, 9.17) is 11.6 Å². The topological polar surface area (TPSA) is 72.2 Å².